The lowest BCUT2D eigenvalue weighted by atomic mass is 10.2. The molecular weight excluding hydrogens is 196 g/mol. The molecule has 74 valence electrons. The van der Waals surface area contributed by atoms with E-state index in [9.17, 15) is 0 Å². The summed E-state index contributed by atoms with van der Waals surface area (Å²) < 4.78 is 0. The Balaban J connectivity index is 2.36. The fourth-order valence-electron chi connectivity index (χ4n) is 1.53. The summed E-state index contributed by atoms with van der Waals surface area (Å²) in [7, 11) is 0. The first-order valence-corrected chi connectivity index (χ1v) is 5.16. The molecule has 1 aromatic carbocycles. The van der Waals surface area contributed by atoms with Crippen LogP contribution < -0.4 is 5.32 Å². The van der Waals surface area contributed by atoms with Gasteiger partial charge < -0.3 is 10.3 Å². The minimum absolute atomic E-state index is 0.783. The van der Waals surface area contributed by atoms with Crippen molar-refractivity contribution in [1.29, 1.82) is 0 Å². The van der Waals surface area contributed by atoms with Gasteiger partial charge in [0.05, 0.1) is 10.5 Å². The van der Waals surface area contributed by atoms with Crippen LogP contribution in [0.25, 0.3) is 10.9 Å². The highest BCUT2D eigenvalue weighted by Crippen LogP contribution is 2.23. The molecule has 2 aromatic rings. The van der Waals surface area contributed by atoms with Crippen molar-refractivity contribution < 1.29 is 0 Å². The molecule has 2 rings (SSSR count). The first-order chi connectivity index (χ1) is 6.81. The monoisotopic (exact) mass is 208 g/mol. The number of aromatic amines is 1. The number of hydrogen-bond acceptors (Lipinski definition) is 1. The van der Waals surface area contributed by atoms with Gasteiger partial charge in [-0.2, -0.15) is 0 Å². The van der Waals surface area contributed by atoms with Crippen molar-refractivity contribution in [2.75, 3.05) is 6.54 Å². The largest absolute Gasteiger partial charge is 0.356 e. The molecule has 0 aliphatic rings. The summed E-state index contributed by atoms with van der Waals surface area (Å²) in [6, 6.07) is 8.06. The quantitative estimate of drug-likeness (QED) is 0.798. The number of H-pyrrole nitrogens is 1. The standard InChI is InChI=1S/C11H13ClN2/c1-2-13-7-9-6-8-4-3-5-10(12)11(8)14-9/h3-6,13-14H,2,7H2,1H3. The molecule has 1 heterocycles. The summed E-state index contributed by atoms with van der Waals surface area (Å²) >= 11 is 6.05. The number of aromatic nitrogens is 1. The predicted octanol–water partition coefficient (Wildman–Crippen LogP) is 2.93. The third-order valence-electron chi connectivity index (χ3n) is 2.23. The number of nitrogens with one attached hydrogen (secondary N) is 2. The molecule has 0 spiro atoms. The Kier molecular flexibility index (Phi) is 2.75. The molecule has 0 aliphatic carbocycles. The molecule has 2 N–H and O–H groups in total. The van der Waals surface area contributed by atoms with Crippen LogP contribution in [0.15, 0.2) is 24.3 Å². The van der Waals surface area contributed by atoms with Crippen molar-refractivity contribution in [2.45, 2.75) is 13.5 Å². The Labute approximate surface area is 88.3 Å². The second kappa shape index (κ2) is 4.03. The molecule has 0 fully saturated rings. The lowest BCUT2D eigenvalue weighted by Crippen LogP contribution is -2.11. The van der Waals surface area contributed by atoms with Gasteiger partial charge in [0.25, 0.3) is 0 Å². The maximum atomic E-state index is 6.05. The predicted molar refractivity (Wildman–Crippen MR) is 60.7 cm³/mol. The van der Waals surface area contributed by atoms with Crippen LogP contribution in [-0.4, -0.2) is 11.5 Å². The van der Waals surface area contributed by atoms with Crippen LogP contribution in [0.5, 0.6) is 0 Å². The molecule has 14 heavy (non-hydrogen) atoms. The van der Waals surface area contributed by atoms with Gasteiger partial charge in [0.15, 0.2) is 0 Å². The van der Waals surface area contributed by atoms with E-state index in [1.807, 2.05) is 12.1 Å². The smallest absolute Gasteiger partial charge is 0.0647 e. The van der Waals surface area contributed by atoms with E-state index in [1.54, 1.807) is 0 Å². The van der Waals surface area contributed by atoms with Gasteiger partial charge >= 0.3 is 0 Å². The van der Waals surface area contributed by atoms with Crippen molar-refractivity contribution in [3.05, 3.63) is 35.0 Å². The first kappa shape index (κ1) is 9.56. The summed E-state index contributed by atoms with van der Waals surface area (Å²) in [5.41, 5.74) is 2.21. The van der Waals surface area contributed by atoms with E-state index in [0.717, 1.165) is 23.6 Å². The van der Waals surface area contributed by atoms with Gasteiger partial charge in [-0.1, -0.05) is 30.7 Å². The zero-order valence-electron chi connectivity index (χ0n) is 8.10. The maximum absolute atomic E-state index is 6.05. The summed E-state index contributed by atoms with van der Waals surface area (Å²) in [5, 5.41) is 5.22. The highest BCUT2D eigenvalue weighted by molar-refractivity contribution is 6.35. The number of halogens is 1. The first-order valence-electron chi connectivity index (χ1n) is 4.78. The molecule has 0 saturated carbocycles. The summed E-state index contributed by atoms with van der Waals surface area (Å²) in [5.74, 6) is 0. The van der Waals surface area contributed by atoms with Gasteiger partial charge in [0.2, 0.25) is 0 Å². The summed E-state index contributed by atoms with van der Waals surface area (Å²) in [6.07, 6.45) is 0. The number of benzene rings is 1. The van der Waals surface area contributed by atoms with Crippen molar-refractivity contribution in [1.82, 2.24) is 10.3 Å². The zero-order valence-corrected chi connectivity index (χ0v) is 8.86. The van der Waals surface area contributed by atoms with Gasteiger partial charge in [-0.3, -0.25) is 0 Å². The molecule has 2 nitrogen and oxygen atoms in total. The molecule has 0 unspecified atom stereocenters. The Hall–Kier alpha value is -0.990. The highest BCUT2D eigenvalue weighted by Gasteiger charge is 2.02. The Morgan fingerprint density at radius 2 is 2.29 bits per heavy atom. The van der Waals surface area contributed by atoms with Crippen molar-refractivity contribution in [2.24, 2.45) is 0 Å². The summed E-state index contributed by atoms with van der Waals surface area (Å²) in [4.78, 5) is 3.30. The van der Waals surface area contributed by atoms with Crippen LogP contribution in [0.4, 0.5) is 0 Å². The summed E-state index contributed by atoms with van der Waals surface area (Å²) in [6.45, 7) is 3.93. The van der Waals surface area contributed by atoms with Gasteiger partial charge in [-0.05, 0) is 18.7 Å². The molecule has 0 amide bonds. The van der Waals surface area contributed by atoms with Crippen molar-refractivity contribution in [3.8, 4) is 0 Å². The molecule has 0 atom stereocenters. The van der Waals surface area contributed by atoms with Crippen LogP contribution in [0.3, 0.4) is 0 Å². The molecule has 0 bridgehead atoms. The van der Waals surface area contributed by atoms with Crippen LogP contribution in [0.2, 0.25) is 5.02 Å². The van der Waals surface area contributed by atoms with Crippen LogP contribution in [-0.2, 0) is 6.54 Å². The van der Waals surface area contributed by atoms with E-state index in [0.29, 0.717) is 0 Å². The SMILES string of the molecule is CCNCc1cc2cccc(Cl)c2[nH]1. The molecule has 3 heteroatoms. The Morgan fingerprint density at radius 1 is 1.43 bits per heavy atom. The average molecular weight is 209 g/mol. The van der Waals surface area contributed by atoms with E-state index >= 15 is 0 Å². The lowest BCUT2D eigenvalue weighted by Gasteiger charge is -1.96. The molecule has 0 aliphatic heterocycles. The Morgan fingerprint density at radius 3 is 3.00 bits per heavy atom. The second-order valence-electron chi connectivity index (χ2n) is 3.28. The molecule has 0 saturated heterocycles. The van der Waals surface area contributed by atoms with Crippen LogP contribution in [0, 0.1) is 0 Å². The number of fused-ring (bicyclic) bond motifs is 1. The number of hydrogen-bond donors (Lipinski definition) is 2. The minimum atomic E-state index is 0.783. The normalized spacial score (nSPS) is 11.0. The van der Waals surface area contributed by atoms with E-state index in [-0.39, 0.29) is 0 Å². The van der Waals surface area contributed by atoms with E-state index < -0.39 is 0 Å². The van der Waals surface area contributed by atoms with Gasteiger partial charge in [0.1, 0.15) is 0 Å². The average Bonchev–Trinajstić information content (AvgIpc) is 2.59. The van der Waals surface area contributed by atoms with Crippen molar-refractivity contribution in [3.63, 3.8) is 0 Å². The number of para-hydroxylation sites is 1. The van der Waals surface area contributed by atoms with E-state index in [2.05, 4.69) is 29.4 Å². The van der Waals surface area contributed by atoms with Gasteiger partial charge in [-0.15, -0.1) is 0 Å². The Bertz CT molecular complexity index is 434. The molecule has 1 aromatic heterocycles. The zero-order chi connectivity index (χ0) is 9.97. The third kappa shape index (κ3) is 1.76. The lowest BCUT2D eigenvalue weighted by molar-refractivity contribution is 0.715. The van der Waals surface area contributed by atoms with Crippen LogP contribution >= 0.6 is 11.6 Å². The highest BCUT2D eigenvalue weighted by atomic mass is 35.5. The fourth-order valence-corrected chi connectivity index (χ4v) is 1.76. The molecular formula is C11H13ClN2. The second-order valence-corrected chi connectivity index (χ2v) is 3.69. The minimum Gasteiger partial charge on any atom is -0.356 e. The third-order valence-corrected chi connectivity index (χ3v) is 2.54. The van der Waals surface area contributed by atoms with E-state index in [1.165, 1.54) is 11.1 Å². The van der Waals surface area contributed by atoms with Gasteiger partial charge in [0, 0.05) is 17.6 Å². The maximum Gasteiger partial charge on any atom is 0.0647 e. The van der Waals surface area contributed by atoms with Crippen molar-refractivity contribution >= 4 is 22.5 Å². The van der Waals surface area contributed by atoms with E-state index in [4.69, 9.17) is 11.6 Å². The molecule has 0 radical (unpaired) electrons. The fraction of sp³-hybridized carbons (Fsp3) is 0.273. The van der Waals surface area contributed by atoms with Crippen LogP contribution in [0.1, 0.15) is 12.6 Å². The topological polar surface area (TPSA) is 27.8 Å². The van der Waals surface area contributed by atoms with Gasteiger partial charge in [-0.25, -0.2) is 0 Å². The number of rotatable bonds is 3.